The Morgan fingerprint density at radius 1 is 1.40 bits per heavy atom. The third kappa shape index (κ3) is 4.13. The van der Waals surface area contributed by atoms with E-state index in [1.54, 1.807) is 0 Å². The van der Waals surface area contributed by atoms with Crippen LogP contribution >= 0.6 is 11.8 Å². The number of aromatic nitrogens is 1. The zero-order valence-electron chi connectivity index (χ0n) is 13.4. The van der Waals surface area contributed by atoms with Crippen molar-refractivity contribution in [1.29, 1.82) is 0 Å². The quantitative estimate of drug-likeness (QED) is 0.922. The van der Waals surface area contributed by atoms with Crippen molar-refractivity contribution in [2.24, 2.45) is 0 Å². The average Bonchev–Trinajstić information content (AvgIpc) is 2.89. The van der Waals surface area contributed by atoms with Crippen molar-refractivity contribution in [2.45, 2.75) is 52.2 Å². The van der Waals surface area contributed by atoms with E-state index in [1.165, 1.54) is 23.5 Å². The molecule has 0 bridgehead atoms. The van der Waals surface area contributed by atoms with E-state index in [1.807, 2.05) is 11.8 Å². The van der Waals surface area contributed by atoms with Crippen LogP contribution in [0.5, 0.6) is 0 Å². The largest absolute Gasteiger partial charge is 0.356 e. The van der Waals surface area contributed by atoms with Gasteiger partial charge in [-0.05, 0) is 51.5 Å². The van der Waals surface area contributed by atoms with Gasteiger partial charge in [0.25, 0.3) is 0 Å². The molecule has 20 heavy (non-hydrogen) atoms. The number of anilines is 1. The molecule has 2 rings (SSSR count). The molecule has 4 heteroatoms. The first-order chi connectivity index (χ1) is 9.37. The van der Waals surface area contributed by atoms with E-state index in [0.29, 0.717) is 6.04 Å². The molecule has 1 fully saturated rings. The number of pyridine rings is 1. The fraction of sp³-hybridized carbons (Fsp3) is 0.688. The summed E-state index contributed by atoms with van der Waals surface area (Å²) in [6, 6.07) is 5.02. The normalized spacial score (nSPS) is 19.4. The third-order valence-electron chi connectivity index (χ3n) is 3.80. The lowest BCUT2D eigenvalue weighted by atomic mass is 10.1. The summed E-state index contributed by atoms with van der Waals surface area (Å²) in [6.45, 7) is 9.56. The van der Waals surface area contributed by atoms with Crippen LogP contribution in [0.1, 0.15) is 38.4 Å². The molecule has 0 spiro atoms. The Morgan fingerprint density at radius 3 is 2.70 bits per heavy atom. The average molecular weight is 293 g/mol. The topological polar surface area (TPSA) is 28.2 Å². The molecule has 3 nitrogen and oxygen atoms in total. The number of rotatable bonds is 4. The van der Waals surface area contributed by atoms with Crippen molar-refractivity contribution >= 4 is 17.6 Å². The molecule has 1 saturated heterocycles. The van der Waals surface area contributed by atoms with Gasteiger partial charge in [-0.2, -0.15) is 11.8 Å². The van der Waals surface area contributed by atoms with E-state index in [4.69, 9.17) is 4.98 Å². The summed E-state index contributed by atoms with van der Waals surface area (Å²) in [5, 5.41) is 3.53. The first-order valence-corrected chi connectivity index (χ1v) is 8.54. The number of nitrogens with zero attached hydrogens (tertiary/aromatic N) is 2. The lowest BCUT2D eigenvalue weighted by Crippen LogP contribution is -2.35. The molecule has 112 valence electrons. The number of hydrogen-bond acceptors (Lipinski definition) is 4. The van der Waals surface area contributed by atoms with Gasteiger partial charge in [-0.1, -0.05) is 6.07 Å². The van der Waals surface area contributed by atoms with E-state index < -0.39 is 0 Å². The molecule has 0 radical (unpaired) electrons. The highest BCUT2D eigenvalue weighted by molar-refractivity contribution is 7.99. The molecule has 0 aliphatic carbocycles. The van der Waals surface area contributed by atoms with Gasteiger partial charge in [0.05, 0.1) is 0 Å². The lowest BCUT2D eigenvalue weighted by molar-refractivity contribution is 0.423. The van der Waals surface area contributed by atoms with Crippen LogP contribution in [0, 0.1) is 6.92 Å². The standard InChI is InChI=1S/C16H27N3S/c1-12-13(10-17-16(2,3)4)6-7-15(18-12)19(5)14-8-9-20-11-14/h6-7,14,17H,8-11H2,1-5H3. The number of aryl methyl sites for hydroxylation is 1. The summed E-state index contributed by atoms with van der Waals surface area (Å²) in [5.74, 6) is 3.61. The van der Waals surface area contributed by atoms with E-state index >= 15 is 0 Å². The van der Waals surface area contributed by atoms with Gasteiger partial charge in [-0.25, -0.2) is 4.98 Å². The summed E-state index contributed by atoms with van der Waals surface area (Å²) < 4.78 is 0. The summed E-state index contributed by atoms with van der Waals surface area (Å²) in [4.78, 5) is 7.14. The molecule has 1 aliphatic heterocycles. The Kier molecular flexibility index (Phi) is 4.97. The molecular formula is C16H27N3S. The number of hydrogen-bond donors (Lipinski definition) is 1. The zero-order valence-corrected chi connectivity index (χ0v) is 14.2. The van der Waals surface area contributed by atoms with Crippen molar-refractivity contribution < 1.29 is 0 Å². The summed E-state index contributed by atoms with van der Waals surface area (Å²) in [7, 11) is 2.17. The predicted molar refractivity (Wildman–Crippen MR) is 89.7 cm³/mol. The first-order valence-electron chi connectivity index (χ1n) is 7.39. The summed E-state index contributed by atoms with van der Waals surface area (Å²) in [5.41, 5.74) is 2.57. The highest BCUT2D eigenvalue weighted by Gasteiger charge is 2.21. The Bertz CT molecular complexity index is 448. The highest BCUT2D eigenvalue weighted by atomic mass is 32.2. The van der Waals surface area contributed by atoms with Crippen molar-refractivity contribution in [3.8, 4) is 0 Å². The highest BCUT2D eigenvalue weighted by Crippen LogP contribution is 2.25. The minimum atomic E-state index is 0.142. The second-order valence-electron chi connectivity index (χ2n) is 6.65. The van der Waals surface area contributed by atoms with Crippen LogP contribution in [-0.4, -0.2) is 35.1 Å². The third-order valence-corrected chi connectivity index (χ3v) is 4.95. The number of thioether (sulfide) groups is 1. The maximum absolute atomic E-state index is 4.79. The van der Waals surface area contributed by atoms with Crippen LogP contribution in [0.15, 0.2) is 12.1 Å². The molecule has 0 aromatic carbocycles. The SMILES string of the molecule is Cc1nc(N(C)C2CCSC2)ccc1CNC(C)(C)C. The van der Waals surface area contributed by atoms with Crippen molar-refractivity contribution in [2.75, 3.05) is 23.5 Å². The van der Waals surface area contributed by atoms with Crippen LogP contribution in [0.4, 0.5) is 5.82 Å². The molecule has 2 heterocycles. The van der Waals surface area contributed by atoms with Crippen molar-refractivity contribution in [1.82, 2.24) is 10.3 Å². The maximum atomic E-state index is 4.79. The van der Waals surface area contributed by atoms with Gasteiger partial charge in [0.1, 0.15) is 5.82 Å². The monoisotopic (exact) mass is 293 g/mol. The van der Waals surface area contributed by atoms with E-state index in [9.17, 15) is 0 Å². The van der Waals surface area contributed by atoms with Crippen LogP contribution in [0.3, 0.4) is 0 Å². The van der Waals surface area contributed by atoms with Gasteiger partial charge in [0.15, 0.2) is 0 Å². The Morgan fingerprint density at radius 2 is 2.15 bits per heavy atom. The van der Waals surface area contributed by atoms with Gasteiger partial charge in [0.2, 0.25) is 0 Å². The molecule has 1 aromatic rings. The zero-order chi connectivity index (χ0) is 14.8. The smallest absolute Gasteiger partial charge is 0.128 e. The Balaban J connectivity index is 2.05. The van der Waals surface area contributed by atoms with Crippen LogP contribution in [0.2, 0.25) is 0 Å². The fourth-order valence-corrected chi connectivity index (χ4v) is 3.60. The van der Waals surface area contributed by atoms with Gasteiger partial charge in [0, 0.05) is 36.6 Å². The molecule has 1 aromatic heterocycles. The molecule has 1 unspecified atom stereocenters. The minimum Gasteiger partial charge on any atom is -0.356 e. The maximum Gasteiger partial charge on any atom is 0.128 e. The van der Waals surface area contributed by atoms with Crippen LogP contribution < -0.4 is 10.2 Å². The first kappa shape index (κ1) is 15.6. The second-order valence-corrected chi connectivity index (χ2v) is 7.80. The van der Waals surface area contributed by atoms with Crippen molar-refractivity contribution in [3.05, 3.63) is 23.4 Å². The van der Waals surface area contributed by atoms with E-state index in [2.05, 4.69) is 57.1 Å². The fourth-order valence-electron chi connectivity index (χ4n) is 2.33. The molecule has 0 amide bonds. The minimum absolute atomic E-state index is 0.142. The lowest BCUT2D eigenvalue weighted by Gasteiger charge is -2.26. The summed E-state index contributed by atoms with van der Waals surface area (Å²) in [6.07, 6.45) is 1.27. The summed E-state index contributed by atoms with van der Waals surface area (Å²) >= 11 is 2.04. The van der Waals surface area contributed by atoms with Gasteiger partial charge < -0.3 is 10.2 Å². The Labute approximate surface area is 127 Å². The molecular weight excluding hydrogens is 266 g/mol. The van der Waals surface area contributed by atoms with Gasteiger partial charge in [-0.15, -0.1) is 0 Å². The van der Waals surface area contributed by atoms with Crippen LogP contribution in [-0.2, 0) is 6.54 Å². The predicted octanol–water partition coefficient (Wildman–Crippen LogP) is 3.22. The van der Waals surface area contributed by atoms with Crippen LogP contribution in [0.25, 0.3) is 0 Å². The Hall–Kier alpha value is -0.740. The molecule has 1 N–H and O–H groups in total. The van der Waals surface area contributed by atoms with Crippen molar-refractivity contribution in [3.63, 3.8) is 0 Å². The van der Waals surface area contributed by atoms with Gasteiger partial charge in [-0.3, -0.25) is 0 Å². The second kappa shape index (κ2) is 6.35. The van der Waals surface area contributed by atoms with E-state index in [0.717, 1.165) is 18.1 Å². The molecule has 0 saturated carbocycles. The molecule has 1 aliphatic rings. The van der Waals surface area contributed by atoms with Gasteiger partial charge >= 0.3 is 0 Å². The number of nitrogens with one attached hydrogen (secondary N) is 1. The molecule has 1 atom stereocenters. The van der Waals surface area contributed by atoms with E-state index in [-0.39, 0.29) is 5.54 Å².